The number of nitrogens with zero attached hydrogens (tertiary/aromatic N) is 3. The monoisotopic (exact) mass is 593 g/mol. The van der Waals surface area contributed by atoms with Crippen LogP contribution in [0.2, 0.25) is 0 Å². The van der Waals surface area contributed by atoms with Crippen molar-refractivity contribution in [3.05, 3.63) is 69.0 Å². The molecule has 1 aliphatic rings. The van der Waals surface area contributed by atoms with E-state index in [4.69, 9.17) is 26.7 Å². The Kier molecular flexibility index (Phi) is 11.4. The highest BCUT2D eigenvalue weighted by Crippen LogP contribution is 2.36. The minimum absolute atomic E-state index is 0.105. The van der Waals surface area contributed by atoms with Gasteiger partial charge in [0.05, 0.1) is 12.0 Å². The number of aromatic nitrogens is 2. The Morgan fingerprint density at radius 3 is 2.27 bits per heavy atom. The summed E-state index contributed by atoms with van der Waals surface area (Å²) < 4.78 is 13.6. The van der Waals surface area contributed by atoms with Crippen LogP contribution in [0.3, 0.4) is 0 Å². The van der Waals surface area contributed by atoms with E-state index in [-0.39, 0.29) is 22.9 Å². The van der Waals surface area contributed by atoms with Crippen LogP contribution >= 0.6 is 24.0 Å². The van der Waals surface area contributed by atoms with Crippen LogP contribution in [0.15, 0.2) is 52.3 Å². The van der Waals surface area contributed by atoms with Gasteiger partial charge in [-0.25, -0.2) is 0 Å². The summed E-state index contributed by atoms with van der Waals surface area (Å²) in [6, 6.07) is 10.8. The number of benzene rings is 1. The number of amides is 1. The Morgan fingerprint density at radius 2 is 1.59 bits per heavy atom. The number of pyridine rings is 1. The Bertz CT molecular complexity index is 1470. The number of aryl methyl sites for hydroxylation is 1. The van der Waals surface area contributed by atoms with Crippen LogP contribution in [0.5, 0.6) is 17.4 Å². The van der Waals surface area contributed by atoms with Crippen LogP contribution in [0, 0.1) is 6.92 Å². The Morgan fingerprint density at radius 1 is 0.927 bits per heavy atom. The molecular formula is C32H39N3O4S2. The SMILES string of the molecule is CCCCCCCCCCCCN1C(=O)/C(=C\c2c(Oc3ccccc3OC)nc3c(C)cccn3c2=O)SC1=S. The van der Waals surface area contributed by atoms with E-state index >= 15 is 0 Å². The zero-order valence-corrected chi connectivity index (χ0v) is 25.8. The third-order valence-electron chi connectivity index (χ3n) is 7.21. The lowest BCUT2D eigenvalue weighted by atomic mass is 10.1. The first-order valence-corrected chi connectivity index (χ1v) is 15.7. The van der Waals surface area contributed by atoms with Crippen molar-refractivity contribution in [2.24, 2.45) is 0 Å². The molecule has 0 atom stereocenters. The predicted octanol–water partition coefficient (Wildman–Crippen LogP) is 7.93. The number of hydrogen-bond donors (Lipinski definition) is 0. The lowest BCUT2D eigenvalue weighted by Gasteiger charge is -2.14. The van der Waals surface area contributed by atoms with Gasteiger partial charge in [0.25, 0.3) is 11.5 Å². The molecule has 3 heterocycles. The predicted molar refractivity (Wildman–Crippen MR) is 171 cm³/mol. The van der Waals surface area contributed by atoms with Crippen molar-refractivity contribution in [1.29, 1.82) is 0 Å². The van der Waals surface area contributed by atoms with E-state index in [9.17, 15) is 9.59 Å². The molecule has 1 fully saturated rings. The maximum absolute atomic E-state index is 13.7. The van der Waals surface area contributed by atoms with Gasteiger partial charge in [0.2, 0.25) is 5.88 Å². The topological polar surface area (TPSA) is 73.1 Å². The quantitative estimate of drug-likeness (QED) is 0.101. The number of hydrogen-bond acceptors (Lipinski definition) is 7. The van der Waals surface area contributed by atoms with Gasteiger partial charge in [0.15, 0.2) is 11.5 Å². The molecule has 0 aliphatic carbocycles. The molecule has 1 aromatic carbocycles. The minimum atomic E-state index is -0.330. The highest BCUT2D eigenvalue weighted by atomic mass is 32.2. The fraction of sp³-hybridized carbons (Fsp3) is 0.438. The summed E-state index contributed by atoms with van der Waals surface area (Å²) in [7, 11) is 1.55. The second-order valence-corrected chi connectivity index (χ2v) is 12.0. The number of rotatable bonds is 15. The van der Waals surface area contributed by atoms with Gasteiger partial charge in [-0.1, -0.05) is 107 Å². The third kappa shape index (κ3) is 7.77. The minimum Gasteiger partial charge on any atom is -0.493 e. The van der Waals surface area contributed by atoms with E-state index < -0.39 is 0 Å². The molecule has 1 aliphatic heterocycles. The van der Waals surface area contributed by atoms with Crippen LogP contribution in [-0.4, -0.2) is 38.2 Å². The molecular weight excluding hydrogens is 555 g/mol. The van der Waals surface area contributed by atoms with E-state index in [2.05, 4.69) is 6.92 Å². The second kappa shape index (κ2) is 15.2. The number of carbonyl (C=O) groups excluding carboxylic acids is 1. The highest BCUT2D eigenvalue weighted by Gasteiger charge is 2.32. The number of unbranched alkanes of at least 4 members (excludes halogenated alkanes) is 9. The summed E-state index contributed by atoms with van der Waals surface area (Å²) in [6.45, 7) is 4.70. The maximum atomic E-state index is 13.7. The van der Waals surface area contributed by atoms with Crippen molar-refractivity contribution >= 4 is 45.9 Å². The fourth-order valence-electron chi connectivity index (χ4n) is 4.88. The lowest BCUT2D eigenvalue weighted by Crippen LogP contribution is -2.29. The summed E-state index contributed by atoms with van der Waals surface area (Å²) >= 11 is 6.77. The number of ether oxygens (including phenoxy) is 2. The summed E-state index contributed by atoms with van der Waals surface area (Å²) in [4.78, 5) is 33.8. The van der Waals surface area contributed by atoms with E-state index in [1.54, 1.807) is 42.5 Å². The molecule has 0 radical (unpaired) electrons. The number of fused-ring (bicyclic) bond motifs is 1. The molecule has 1 amide bonds. The molecule has 0 unspecified atom stereocenters. The van der Waals surface area contributed by atoms with Crippen molar-refractivity contribution in [1.82, 2.24) is 14.3 Å². The van der Waals surface area contributed by atoms with Gasteiger partial charge in [0.1, 0.15) is 15.5 Å². The summed E-state index contributed by atoms with van der Waals surface area (Å²) in [5, 5.41) is 0. The Balaban J connectivity index is 1.49. The second-order valence-electron chi connectivity index (χ2n) is 10.3. The Labute approximate surface area is 252 Å². The summed E-state index contributed by atoms with van der Waals surface area (Å²) in [5.74, 6) is 0.845. The Hall–Kier alpha value is -3.17. The molecule has 2 aromatic heterocycles. The molecule has 1 saturated heterocycles. The molecule has 7 nitrogen and oxygen atoms in total. The van der Waals surface area contributed by atoms with Crippen molar-refractivity contribution in [3.63, 3.8) is 0 Å². The molecule has 0 bridgehead atoms. The van der Waals surface area contributed by atoms with Crippen molar-refractivity contribution < 1.29 is 14.3 Å². The van der Waals surface area contributed by atoms with E-state index in [0.717, 1.165) is 18.4 Å². The van der Waals surface area contributed by atoms with Crippen LogP contribution in [0.4, 0.5) is 0 Å². The van der Waals surface area contributed by atoms with E-state index in [1.165, 1.54) is 67.5 Å². The summed E-state index contributed by atoms with van der Waals surface area (Å²) in [6.07, 6.45) is 15.5. The molecule has 218 valence electrons. The molecule has 4 rings (SSSR count). The van der Waals surface area contributed by atoms with Gasteiger partial charge in [-0.05, 0) is 43.2 Å². The van der Waals surface area contributed by atoms with Gasteiger partial charge in [-0.3, -0.25) is 18.9 Å². The normalized spacial score (nSPS) is 14.4. The molecule has 9 heteroatoms. The van der Waals surface area contributed by atoms with Crippen molar-refractivity contribution in [2.75, 3.05) is 13.7 Å². The van der Waals surface area contributed by atoms with Gasteiger partial charge >= 0.3 is 0 Å². The van der Waals surface area contributed by atoms with Crippen molar-refractivity contribution in [2.45, 2.75) is 78.1 Å². The fourth-order valence-corrected chi connectivity index (χ4v) is 6.17. The molecule has 3 aromatic rings. The first-order chi connectivity index (χ1) is 19.9. The highest BCUT2D eigenvalue weighted by molar-refractivity contribution is 8.26. The van der Waals surface area contributed by atoms with Crippen molar-refractivity contribution in [3.8, 4) is 17.4 Å². The van der Waals surface area contributed by atoms with Crippen LogP contribution in [0.25, 0.3) is 11.7 Å². The van der Waals surface area contributed by atoms with Gasteiger partial charge in [0, 0.05) is 12.7 Å². The van der Waals surface area contributed by atoms with Crippen LogP contribution in [-0.2, 0) is 4.79 Å². The molecule has 41 heavy (non-hydrogen) atoms. The maximum Gasteiger partial charge on any atom is 0.269 e. The average molecular weight is 594 g/mol. The smallest absolute Gasteiger partial charge is 0.269 e. The first kappa shape index (κ1) is 30.8. The summed E-state index contributed by atoms with van der Waals surface area (Å²) in [5.41, 5.74) is 1.15. The zero-order chi connectivity index (χ0) is 29.2. The van der Waals surface area contributed by atoms with Crippen LogP contribution < -0.4 is 15.0 Å². The van der Waals surface area contributed by atoms with Gasteiger partial charge in [-0.15, -0.1) is 0 Å². The largest absolute Gasteiger partial charge is 0.493 e. The zero-order valence-electron chi connectivity index (χ0n) is 24.2. The lowest BCUT2D eigenvalue weighted by molar-refractivity contribution is -0.122. The molecule has 0 saturated carbocycles. The van der Waals surface area contributed by atoms with Gasteiger partial charge < -0.3 is 9.47 Å². The van der Waals surface area contributed by atoms with E-state index in [1.807, 2.05) is 25.1 Å². The number of carbonyl (C=O) groups is 1. The first-order valence-electron chi connectivity index (χ1n) is 14.5. The average Bonchev–Trinajstić information content (AvgIpc) is 3.24. The van der Waals surface area contributed by atoms with E-state index in [0.29, 0.717) is 32.9 Å². The standard InChI is InChI=1S/C32H39N3O4S2/c1-4-5-6-7-8-9-10-11-12-15-20-35-31(37)27(41-32(35)40)22-24-29(39-26-19-14-13-18-25(26)38-3)33-28-23(2)17-16-21-34(28)30(24)36/h13-14,16-19,21-22H,4-12,15,20H2,1-3H3/b27-22+. The molecule has 0 N–H and O–H groups in total. The van der Waals surface area contributed by atoms with Gasteiger partial charge in [-0.2, -0.15) is 4.98 Å². The number of thiocarbonyl (C=S) groups is 1. The molecule has 0 spiro atoms. The number of para-hydroxylation sites is 2. The number of thioether (sulfide) groups is 1. The van der Waals surface area contributed by atoms with Crippen LogP contribution in [0.1, 0.15) is 82.3 Å². The number of methoxy groups -OCH3 is 1. The third-order valence-corrected chi connectivity index (χ3v) is 8.59.